The summed E-state index contributed by atoms with van der Waals surface area (Å²) >= 11 is 5.74. The van der Waals surface area contributed by atoms with Crippen molar-refractivity contribution >= 4 is 21.7 Å². The van der Waals surface area contributed by atoms with Gasteiger partial charge in [0.25, 0.3) is 12.1 Å². The van der Waals surface area contributed by atoms with Crippen molar-refractivity contribution < 1.29 is 22.4 Å². The number of hydrogen-bond acceptors (Lipinski definition) is 6. The van der Waals surface area contributed by atoms with Gasteiger partial charge < -0.3 is 9.29 Å². The third-order valence-electron chi connectivity index (χ3n) is 3.82. The Morgan fingerprint density at radius 3 is 2.21 bits per heavy atom. The van der Waals surface area contributed by atoms with Crippen molar-refractivity contribution in [3.63, 3.8) is 0 Å². The van der Waals surface area contributed by atoms with Crippen molar-refractivity contribution in [1.82, 2.24) is 4.98 Å². The molecule has 0 aliphatic carbocycles. The van der Waals surface area contributed by atoms with Crippen LogP contribution in [0.15, 0.2) is 59.8 Å². The molecule has 29 heavy (non-hydrogen) atoms. The highest BCUT2D eigenvalue weighted by molar-refractivity contribution is 7.85. The molecule has 3 aromatic rings. The quantitative estimate of drug-likeness (QED) is 0.383. The number of nitrogens with two attached hydrogens (primary N) is 1. The van der Waals surface area contributed by atoms with Crippen molar-refractivity contribution in [3.8, 4) is 5.88 Å². The molecule has 2 aromatic carbocycles. The van der Waals surface area contributed by atoms with E-state index >= 15 is 0 Å². The van der Waals surface area contributed by atoms with Crippen LogP contribution in [-0.4, -0.2) is 18.0 Å². The summed E-state index contributed by atoms with van der Waals surface area (Å²) in [5, 5.41) is 0.299. The Morgan fingerprint density at radius 2 is 1.69 bits per heavy atom. The Kier molecular flexibility index (Phi) is 7.55. The smallest absolute Gasteiger partial charge is 0.284 e. The lowest BCUT2D eigenvalue weighted by Crippen LogP contribution is -2.43. The number of aryl methyl sites for hydroxylation is 3. The van der Waals surface area contributed by atoms with Crippen LogP contribution in [0.25, 0.3) is 0 Å². The van der Waals surface area contributed by atoms with E-state index in [1.165, 1.54) is 10.9 Å². The first-order chi connectivity index (χ1) is 13.6. The topological polar surface area (TPSA) is 109 Å². The highest BCUT2D eigenvalue weighted by Gasteiger charge is 2.09. The van der Waals surface area contributed by atoms with Crippen LogP contribution in [0.3, 0.4) is 0 Å². The largest absolute Gasteiger partial charge is 0.744 e. The lowest BCUT2D eigenvalue weighted by Gasteiger charge is -2.14. The van der Waals surface area contributed by atoms with Crippen LogP contribution in [0.1, 0.15) is 22.3 Å². The molecular formula is C20H22ClN3O4S. The molecular weight excluding hydrogens is 414 g/mol. The van der Waals surface area contributed by atoms with Gasteiger partial charge in [-0.25, -0.2) is 14.3 Å². The van der Waals surface area contributed by atoms with Crippen molar-refractivity contribution in [2.24, 2.45) is 0 Å². The molecule has 0 radical (unpaired) electrons. The number of hydrogen-bond donors (Lipinski definition) is 1. The molecule has 0 aliphatic heterocycles. The van der Waals surface area contributed by atoms with Gasteiger partial charge in [-0.1, -0.05) is 64.3 Å². The lowest BCUT2D eigenvalue weighted by molar-refractivity contribution is -0.639. The molecule has 0 spiro atoms. The number of nitrogens with zero attached hydrogens (tertiary/aromatic N) is 2. The summed E-state index contributed by atoms with van der Waals surface area (Å²) in [7, 11) is -4.33. The fourth-order valence-electron chi connectivity index (χ4n) is 2.81. The van der Waals surface area contributed by atoms with Gasteiger partial charge in [0.05, 0.1) is 4.90 Å². The highest BCUT2D eigenvalue weighted by atomic mass is 35.5. The van der Waals surface area contributed by atoms with Crippen molar-refractivity contribution in [2.75, 3.05) is 5.84 Å². The predicted octanol–water partition coefficient (Wildman–Crippen LogP) is 2.83. The summed E-state index contributed by atoms with van der Waals surface area (Å²) in [6, 6.07) is 13.2. The Labute approximate surface area is 175 Å². The summed E-state index contributed by atoms with van der Waals surface area (Å²) in [6.45, 7) is 5.56. The van der Waals surface area contributed by atoms with E-state index in [-0.39, 0.29) is 4.90 Å². The molecule has 0 saturated carbocycles. The van der Waals surface area contributed by atoms with Crippen LogP contribution >= 0.6 is 11.6 Å². The Morgan fingerprint density at radius 1 is 1.10 bits per heavy atom. The summed E-state index contributed by atoms with van der Waals surface area (Å²) in [5.41, 5.74) is 3.07. The third kappa shape index (κ3) is 7.01. The molecule has 1 heterocycles. The Bertz CT molecular complexity index is 1050. The minimum absolute atomic E-state index is 0.0851. The molecule has 0 aliphatic rings. The van der Waals surface area contributed by atoms with E-state index in [0.717, 1.165) is 11.1 Å². The maximum Gasteiger partial charge on any atom is 0.284 e. The maximum absolute atomic E-state index is 10.8. The van der Waals surface area contributed by atoms with Crippen molar-refractivity contribution in [3.05, 3.63) is 82.3 Å². The van der Waals surface area contributed by atoms with Crippen LogP contribution in [0.5, 0.6) is 5.88 Å². The number of halogens is 1. The molecule has 7 nitrogen and oxygen atoms in total. The van der Waals surface area contributed by atoms with Crippen molar-refractivity contribution in [2.45, 2.75) is 32.3 Å². The van der Waals surface area contributed by atoms with Crippen LogP contribution in [0.2, 0.25) is 5.15 Å². The fraction of sp³-hybridized carbons (Fsp3) is 0.200. The molecule has 0 fully saturated rings. The van der Waals surface area contributed by atoms with Crippen LogP contribution in [0, 0.1) is 20.8 Å². The van der Waals surface area contributed by atoms with Gasteiger partial charge in [0.2, 0.25) is 6.20 Å². The molecule has 154 valence electrons. The first-order valence-electron chi connectivity index (χ1n) is 8.60. The van der Waals surface area contributed by atoms with E-state index in [4.69, 9.17) is 22.2 Å². The summed E-state index contributed by atoms with van der Waals surface area (Å²) < 4.78 is 39.3. The third-order valence-corrected chi connectivity index (χ3v) is 5.14. The zero-order chi connectivity index (χ0) is 21.6. The Balaban J connectivity index is 0.000000212. The number of nitrogen functional groups attached to an aromatic ring is 1. The standard InChI is InChI=1S/C11H11ClN3O.C9H12O3S/c12-10-6-15(13)7-11(14-10)16-8-9-4-2-1-3-5-9;1-6-4-7(2)9(8(3)5-6)13(10,11)12/h1-7H,8H2,(H2,13,14);4-5H,1-3H3,(H,10,11,12)/q+1;/p-1. The molecule has 1 aromatic heterocycles. The highest BCUT2D eigenvalue weighted by Crippen LogP contribution is 2.20. The average molecular weight is 436 g/mol. The van der Waals surface area contributed by atoms with Gasteiger partial charge in [-0.05, 0) is 37.5 Å². The molecule has 0 unspecified atom stereocenters. The summed E-state index contributed by atoms with van der Waals surface area (Å²) in [4.78, 5) is 3.91. The molecule has 3 rings (SSSR count). The second kappa shape index (κ2) is 9.69. The normalized spacial score (nSPS) is 10.8. The average Bonchev–Trinajstić information content (AvgIpc) is 2.58. The number of aromatic nitrogens is 2. The zero-order valence-corrected chi connectivity index (χ0v) is 17.9. The number of benzene rings is 2. The molecule has 2 N–H and O–H groups in total. The number of ether oxygens (including phenoxy) is 1. The molecule has 0 atom stereocenters. The second-order valence-electron chi connectivity index (χ2n) is 6.43. The van der Waals surface area contributed by atoms with Crippen LogP contribution < -0.4 is 15.3 Å². The van der Waals surface area contributed by atoms with Crippen LogP contribution in [0.4, 0.5) is 0 Å². The maximum atomic E-state index is 10.8. The lowest BCUT2D eigenvalue weighted by atomic mass is 10.1. The monoisotopic (exact) mass is 435 g/mol. The van der Waals surface area contributed by atoms with Gasteiger partial charge in [0.1, 0.15) is 16.7 Å². The minimum Gasteiger partial charge on any atom is -0.744 e. The molecule has 0 bridgehead atoms. The van der Waals surface area contributed by atoms with Crippen LogP contribution in [-0.2, 0) is 16.7 Å². The summed E-state index contributed by atoms with van der Waals surface area (Å²) in [5.74, 6) is 5.94. The van der Waals surface area contributed by atoms with E-state index < -0.39 is 10.1 Å². The molecule has 0 saturated heterocycles. The van der Waals surface area contributed by atoms with Gasteiger partial charge in [0, 0.05) is 0 Å². The SMILES string of the molecule is Cc1cc(C)c(S(=O)(=O)[O-])c(C)c1.N[n+]1cc(Cl)nc(OCc2ccccc2)c1. The van der Waals surface area contributed by atoms with E-state index in [9.17, 15) is 13.0 Å². The second-order valence-corrected chi connectivity index (χ2v) is 8.14. The first kappa shape index (κ1) is 22.6. The first-order valence-corrected chi connectivity index (χ1v) is 10.4. The predicted molar refractivity (Wildman–Crippen MR) is 109 cm³/mol. The van der Waals surface area contributed by atoms with E-state index in [2.05, 4.69) is 4.98 Å². The van der Waals surface area contributed by atoms with Gasteiger partial charge in [-0.2, -0.15) is 4.98 Å². The minimum atomic E-state index is -4.33. The van der Waals surface area contributed by atoms with Crippen molar-refractivity contribution in [1.29, 1.82) is 0 Å². The van der Waals surface area contributed by atoms with E-state index in [1.54, 1.807) is 32.2 Å². The van der Waals surface area contributed by atoms with Gasteiger partial charge in [-0.3, -0.25) is 0 Å². The zero-order valence-electron chi connectivity index (χ0n) is 16.3. The van der Waals surface area contributed by atoms with Gasteiger partial charge in [-0.15, -0.1) is 0 Å². The van der Waals surface area contributed by atoms with Gasteiger partial charge >= 0.3 is 0 Å². The number of rotatable bonds is 4. The molecule has 9 heteroatoms. The fourth-order valence-corrected chi connectivity index (χ4v) is 3.92. The van der Waals surface area contributed by atoms with E-state index in [0.29, 0.717) is 28.8 Å². The Hall–Kier alpha value is -2.68. The van der Waals surface area contributed by atoms with E-state index in [1.807, 2.05) is 37.3 Å². The van der Waals surface area contributed by atoms with Gasteiger partial charge in [0.15, 0.2) is 5.15 Å². The molecule has 0 amide bonds. The summed E-state index contributed by atoms with van der Waals surface area (Å²) in [6.07, 6.45) is 3.06.